The Balaban J connectivity index is 1.56. The minimum atomic E-state index is -3.42. The molecule has 3 aromatic rings. The Bertz CT molecular complexity index is 1290. The largest absolute Gasteiger partial charge is 0.493 e. The van der Waals surface area contributed by atoms with E-state index < -0.39 is 21.9 Å². The smallest absolute Gasteiger partial charge is 0.267 e. The van der Waals surface area contributed by atoms with Crippen LogP contribution >= 0.6 is 15.9 Å². The van der Waals surface area contributed by atoms with Gasteiger partial charge in [-0.3, -0.25) is 0 Å². The molecule has 33 heavy (non-hydrogen) atoms. The van der Waals surface area contributed by atoms with Crippen molar-refractivity contribution in [3.8, 4) is 5.75 Å². The maximum absolute atomic E-state index is 14.1. The topological polar surface area (TPSA) is 79.4 Å². The minimum absolute atomic E-state index is 0.151. The summed E-state index contributed by atoms with van der Waals surface area (Å²) in [5.41, 5.74) is 0.596. The van der Waals surface area contributed by atoms with Crippen LogP contribution in [0.4, 0.5) is 8.78 Å². The number of H-pyrrole nitrogens is 1. The van der Waals surface area contributed by atoms with Crippen LogP contribution in [0.2, 0.25) is 0 Å². The van der Waals surface area contributed by atoms with Crippen molar-refractivity contribution in [1.29, 1.82) is 0 Å². The van der Waals surface area contributed by atoms with Crippen molar-refractivity contribution in [3.05, 3.63) is 57.7 Å². The summed E-state index contributed by atoms with van der Waals surface area (Å²) in [6, 6.07) is 10.5. The van der Waals surface area contributed by atoms with Crippen molar-refractivity contribution in [2.75, 3.05) is 12.9 Å². The second-order valence-electron chi connectivity index (χ2n) is 9.06. The van der Waals surface area contributed by atoms with Gasteiger partial charge in [0.25, 0.3) is 6.43 Å². The Morgan fingerprint density at radius 2 is 2.00 bits per heavy atom. The SMILES string of the molecule is CC(Cc1cc(S(C)(=O)=O)cc2c1OCC2)CC(O)(Cc1cc2cc(Br)ccc2[nH]1)C(F)F. The molecule has 1 aliphatic heterocycles. The molecule has 2 N–H and O–H groups in total. The molecule has 5 nitrogen and oxygen atoms in total. The van der Waals surface area contributed by atoms with E-state index in [1.807, 2.05) is 18.2 Å². The quantitative estimate of drug-likeness (QED) is 0.417. The number of nitrogens with one attached hydrogen (secondary N) is 1. The van der Waals surface area contributed by atoms with E-state index >= 15 is 0 Å². The molecule has 9 heteroatoms. The third-order valence-electron chi connectivity index (χ3n) is 6.07. The Labute approximate surface area is 200 Å². The molecule has 4 rings (SSSR count). The van der Waals surface area contributed by atoms with E-state index in [0.717, 1.165) is 27.2 Å². The fraction of sp³-hybridized carbons (Fsp3) is 0.417. The molecule has 0 saturated heterocycles. The lowest BCUT2D eigenvalue weighted by atomic mass is 9.84. The van der Waals surface area contributed by atoms with E-state index in [4.69, 9.17) is 4.74 Å². The molecule has 2 atom stereocenters. The van der Waals surface area contributed by atoms with Crippen LogP contribution in [0.25, 0.3) is 10.9 Å². The van der Waals surface area contributed by atoms with Crippen molar-refractivity contribution < 1.29 is 27.0 Å². The highest BCUT2D eigenvalue weighted by Crippen LogP contribution is 2.37. The van der Waals surface area contributed by atoms with Gasteiger partial charge in [0, 0.05) is 40.2 Å². The fourth-order valence-corrected chi connectivity index (χ4v) is 5.69. The number of hydrogen-bond acceptors (Lipinski definition) is 4. The fourth-order valence-electron chi connectivity index (χ4n) is 4.60. The van der Waals surface area contributed by atoms with Crippen molar-refractivity contribution in [3.63, 3.8) is 0 Å². The summed E-state index contributed by atoms with van der Waals surface area (Å²) >= 11 is 3.40. The number of halogens is 3. The molecule has 0 saturated carbocycles. The summed E-state index contributed by atoms with van der Waals surface area (Å²) in [6.07, 6.45) is -1.24. The van der Waals surface area contributed by atoms with Gasteiger partial charge in [-0.15, -0.1) is 0 Å². The number of rotatable bonds is 8. The zero-order valence-electron chi connectivity index (χ0n) is 18.4. The maximum atomic E-state index is 14.1. The number of fused-ring (bicyclic) bond motifs is 2. The summed E-state index contributed by atoms with van der Waals surface area (Å²) in [7, 11) is -3.42. The van der Waals surface area contributed by atoms with Crippen LogP contribution in [0.5, 0.6) is 5.75 Å². The van der Waals surface area contributed by atoms with Gasteiger partial charge in [0.1, 0.15) is 11.4 Å². The lowest BCUT2D eigenvalue weighted by Crippen LogP contribution is -2.41. The molecule has 0 fully saturated rings. The molecule has 0 spiro atoms. The Hall–Kier alpha value is -1.97. The van der Waals surface area contributed by atoms with Gasteiger partial charge in [-0.2, -0.15) is 0 Å². The zero-order valence-corrected chi connectivity index (χ0v) is 20.8. The van der Waals surface area contributed by atoms with Gasteiger partial charge in [0.15, 0.2) is 9.84 Å². The minimum Gasteiger partial charge on any atom is -0.493 e. The predicted molar refractivity (Wildman–Crippen MR) is 127 cm³/mol. The van der Waals surface area contributed by atoms with Gasteiger partial charge in [-0.05, 0) is 66.3 Å². The molecule has 1 aromatic heterocycles. The summed E-state index contributed by atoms with van der Waals surface area (Å²) in [6.45, 7) is 2.24. The number of alkyl halides is 2. The zero-order chi connectivity index (χ0) is 24.0. The van der Waals surface area contributed by atoms with Crippen molar-refractivity contribution in [1.82, 2.24) is 4.98 Å². The van der Waals surface area contributed by atoms with E-state index in [9.17, 15) is 22.3 Å². The monoisotopic (exact) mass is 541 g/mol. The first kappa shape index (κ1) is 24.2. The third-order valence-corrected chi connectivity index (χ3v) is 7.66. The summed E-state index contributed by atoms with van der Waals surface area (Å²) in [5.74, 6) is 0.293. The highest BCUT2D eigenvalue weighted by molar-refractivity contribution is 9.10. The van der Waals surface area contributed by atoms with E-state index in [-0.39, 0.29) is 23.7 Å². The molecule has 178 valence electrons. The van der Waals surface area contributed by atoms with Crippen LogP contribution in [0.3, 0.4) is 0 Å². The first-order chi connectivity index (χ1) is 15.4. The Morgan fingerprint density at radius 3 is 2.70 bits per heavy atom. The van der Waals surface area contributed by atoms with Crippen LogP contribution < -0.4 is 4.74 Å². The number of aromatic amines is 1. The Morgan fingerprint density at radius 1 is 1.24 bits per heavy atom. The second kappa shape index (κ2) is 9.00. The lowest BCUT2D eigenvalue weighted by molar-refractivity contribution is -0.108. The van der Waals surface area contributed by atoms with E-state index in [0.29, 0.717) is 36.5 Å². The van der Waals surface area contributed by atoms with E-state index in [1.54, 1.807) is 25.1 Å². The maximum Gasteiger partial charge on any atom is 0.267 e. The second-order valence-corrected chi connectivity index (χ2v) is 12.0. The van der Waals surface area contributed by atoms with Gasteiger partial charge < -0.3 is 14.8 Å². The van der Waals surface area contributed by atoms with Crippen LogP contribution in [-0.2, 0) is 29.1 Å². The normalized spacial score (nSPS) is 16.6. The number of ether oxygens (including phenoxy) is 1. The highest BCUT2D eigenvalue weighted by atomic mass is 79.9. The number of aromatic nitrogens is 1. The van der Waals surface area contributed by atoms with Gasteiger partial charge >= 0.3 is 0 Å². The van der Waals surface area contributed by atoms with Gasteiger partial charge in [0.2, 0.25) is 0 Å². The molecule has 0 amide bonds. The molecular formula is C24H26BrF2NO4S. The van der Waals surface area contributed by atoms with Crippen molar-refractivity contribution in [2.24, 2.45) is 5.92 Å². The van der Waals surface area contributed by atoms with Gasteiger partial charge in [-0.25, -0.2) is 17.2 Å². The lowest BCUT2D eigenvalue weighted by Gasteiger charge is -2.30. The number of aliphatic hydroxyl groups is 1. The molecule has 1 aliphatic rings. The summed E-state index contributed by atoms with van der Waals surface area (Å²) in [5, 5.41) is 11.8. The van der Waals surface area contributed by atoms with Crippen LogP contribution in [0, 0.1) is 5.92 Å². The molecule has 2 aromatic carbocycles. The van der Waals surface area contributed by atoms with E-state index in [1.165, 1.54) is 0 Å². The first-order valence-electron chi connectivity index (χ1n) is 10.7. The Kier molecular flexibility index (Phi) is 6.59. The molecule has 0 bridgehead atoms. The van der Waals surface area contributed by atoms with Gasteiger partial charge in [-0.1, -0.05) is 22.9 Å². The van der Waals surface area contributed by atoms with Crippen LogP contribution in [-0.4, -0.2) is 43.4 Å². The van der Waals surface area contributed by atoms with Crippen molar-refractivity contribution in [2.45, 2.75) is 49.5 Å². The average Bonchev–Trinajstić information content (AvgIpc) is 3.32. The average molecular weight is 542 g/mol. The molecule has 2 unspecified atom stereocenters. The van der Waals surface area contributed by atoms with Gasteiger partial charge in [0.05, 0.1) is 11.5 Å². The van der Waals surface area contributed by atoms with Crippen LogP contribution in [0.1, 0.15) is 30.2 Å². The molecular weight excluding hydrogens is 516 g/mol. The number of benzene rings is 2. The molecule has 0 radical (unpaired) electrons. The third kappa shape index (κ3) is 5.25. The molecule has 2 heterocycles. The first-order valence-corrected chi connectivity index (χ1v) is 13.4. The van der Waals surface area contributed by atoms with E-state index in [2.05, 4.69) is 20.9 Å². The standard InChI is InChI=1S/C24H26BrF2NO4S/c1-14(7-17-11-20(33(2,30)31)10-15-5-6-32-22(15)17)12-24(29,23(26)27)13-19-9-16-8-18(25)3-4-21(16)28-19/h3-4,8-11,14,23,28-29H,5-7,12-13H2,1-2H3. The van der Waals surface area contributed by atoms with Crippen molar-refractivity contribution >= 4 is 36.7 Å². The number of hydrogen-bond donors (Lipinski definition) is 2. The highest BCUT2D eigenvalue weighted by Gasteiger charge is 2.40. The summed E-state index contributed by atoms with van der Waals surface area (Å²) in [4.78, 5) is 3.31. The number of sulfone groups is 1. The summed E-state index contributed by atoms with van der Waals surface area (Å²) < 4.78 is 58.9. The van der Waals surface area contributed by atoms with Crippen LogP contribution in [0.15, 0.2) is 45.8 Å². The molecule has 0 aliphatic carbocycles. The predicted octanol–water partition coefficient (Wildman–Crippen LogP) is 5.08.